The number of ketones is 3. The highest BCUT2D eigenvalue weighted by Crippen LogP contribution is 2.15. The summed E-state index contributed by atoms with van der Waals surface area (Å²) in [5.74, 6) is -3.72. The van der Waals surface area contributed by atoms with Gasteiger partial charge in [-0.05, 0) is 62.6 Å². The second kappa shape index (κ2) is 40.8. The average Bonchev–Trinajstić information content (AvgIpc) is 3.33. The predicted octanol–water partition coefficient (Wildman–Crippen LogP) is -1.99. The number of nitrogens with one attached hydrogen (secondary N) is 5. The lowest BCUT2D eigenvalue weighted by Gasteiger charge is -2.23. The minimum Gasteiger partial charge on any atom is -0.379 e. The first-order valence-corrected chi connectivity index (χ1v) is 21.7. The van der Waals surface area contributed by atoms with Gasteiger partial charge in [-0.25, -0.2) is 9.97 Å². The largest absolute Gasteiger partial charge is 0.379 e. The lowest BCUT2D eigenvalue weighted by Crippen LogP contribution is -2.47. The van der Waals surface area contributed by atoms with Crippen LogP contribution in [0, 0.1) is 11.8 Å². The Morgan fingerprint density at radius 1 is 0.726 bits per heavy atom. The number of hydrogen-bond acceptors (Lipinski definition) is 24. The third kappa shape index (κ3) is 30.3. The van der Waals surface area contributed by atoms with Gasteiger partial charge in [-0.2, -0.15) is 65.6 Å². The van der Waals surface area contributed by atoms with E-state index in [0.717, 1.165) is 0 Å². The molecule has 1 aromatic carbocycles. The zero-order valence-corrected chi connectivity index (χ0v) is 40.6. The number of carbonyl (C=O) groups is 6. The number of H-pyrrole nitrogens is 1. The van der Waals surface area contributed by atoms with E-state index in [1.54, 1.807) is 52.0 Å². The summed E-state index contributed by atoms with van der Waals surface area (Å²) in [7, 11) is 0. The molecular weight excluding hydrogens is 989 g/mol. The number of nitrogens with zero attached hydrogens (tertiary/aromatic N) is 4. The van der Waals surface area contributed by atoms with Crippen molar-refractivity contribution in [3.63, 3.8) is 0 Å². The molecule has 0 unspecified atom stereocenters. The Morgan fingerprint density at radius 3 is 1.73 bits per heavy atom. The van der Waals surface area contributed by atoms with Crippen molar-refractivity contribution in [2.75, 3.05) is 23.3 Å². The van der Waals surface area contributed by atoms with Crippen LogP contribution in [-0.2, 0) is 78.5 Å². The van der Waals surface area contributed by atoms with Crippen molar-refractivity contribution in [2.24, 2.45) is 28.3 Å². The summed E-state index contributed by atoms with van der Waals surface area (Å²) < 4.78 is 0. The quantitative estimate of drug-likeness (QED) is 0.0203. The van der Waals surface area contributed by atoms with Crippen molar-refractivity contribution in [3.8, 4) is 0 Å². The molecule has 0 aliphatic heterocycles. The van der Waals surface area contributed by atoms with Gasteiger partial charge in [0.1, 0.15) is 0 Å². The molecule has 5 atom stereocenters. The second-order valence-corrected chi connectivity index (χ2v) is 14.9. The number of benzene rings is 1. The standard InChI is InChI=1S/C38H54N12O7S.5CO2/c1-5-26(47-35(56)23-10-12-24(13-11-23)43-18-25-19-44-32-31(46-25)36(57)50-38(41)49-32)29(52)16-21(3)34(55)48-27(8-6-14-42-37(39)40)30(53)17-20(2)33(54)45-22(4)28(51)9-7-15-58;5*2-1-3/h10-13,19-22,26-27,43,58H,5-9,14-18H2,1-4H3,(H,45,54)(H,47,56)(H,48,55)(H4,39,40,42)(H3,41,44,49,50,57);;;;;/t20-,21-,22+,26+,27+;;;;;/m1...../s1. The number of guanidine groups is 1. The average molecular weight is 1040 g/mol. The molecule has 0 spiro atoms. The van der Waals surface area contributed by atoms with E-state index < -0.39 is 59.0 Å². The maximum absolute atomic E-state index is 13.4. The van der Waals surface area contributed by atoms with Crippen LogP contribution in [0.1, 0.15) is 88.7 Å². The molecule has 0 fully saturated rings. The van der Waals surface area contributed by atoms with Crippen LogP contribution in [0.15, 0.2) is 40.2 Å². The molecule has 3 aromatic rings. The molecule has 30 heteroatoms. The van der Waals surface area contributed by atoms with Gasteiger partial charge < -0.3 is 38.5 Å². The van der Waals surface area contributed by atoms with Crippen molar-refractivity contribution in [1.82, 2.24) is 35.9 Å². The number of aromatic nitrogens is 4. The van der Waals surface area contributed by atoms with Gasteiger partial charge in [-0.1, -0.05) is 20.8 Å². The molecule has 2 heterocycles. The molecule has 73 heavy (non-hydrogen) atoms. The third-order valence-corrected chi connectivity index (χ3v) is 9.51. The number of fused-ring (bicyclic) bond motifs is 1. The fraction of sp³-hybridized carbons (Fsp3) is 0.442. The maximum Gasteiger partial charge on any atom is 0.373 e. The molecular formula is C43H54N12O17S. The number of aromatic amines is 1. The summed E-state index contributed by atoms with van der Waals surface area (Å²) >= 11 is 4.11. The van der Waals surface area contributed by atoms with Crippen LogP contribution in [0.2, 0.25) is 0 Å². The van der Waals surface area contributed by atoms with Gasteiger partial charge in [0.25, 0.3) is 11.5 Å². The smallest absolute Gasteiger partial charge is 0.373 e. The number of rotatable bonds is 24. The van der Waals surface area contributed by atoms with Crippen LogP contribution in [0.4, 0.5) is 11.6 Å². The highest BCUT2D eigenvalue weighted by atomic mass is 32.1. The monoisotopic (exact) mass is 1040 g/mol. The van der Waals surface area contributed by atoms with Gasteiger partial charge in [0.2, 0.25) is 17.8 Å². The van der Waals surface area contributed by atoms with Gasteiger partial charge >= 0.3 is 30.8 Å². The van der Waals surface area contributed by atoms with E-state index in [2.05, 4.69) is 58.8 Å². The Bertz CT molecular complexity index is 2450. The van der Waals surface area contributed by atoms with E-state index in [-0.39, 0.29) is 111 Å². The Labute approximate surface area is 419 Å². The number of hydrogen-bond donors (Lipinski definition) is 9. The van der Waals surface area contributed by atoms with Gasteiger partial charge in [0.05, 0.1) is 36.6 Å². The van der Waals surface area contributed by atoms with Crippen LogP contribution in [0.3, 0.4) is 0 Å². The summed E-state index contributed by atoms with van der Waals surface area (Å²) in [5, 5.41) is 11.3. The van der Waals surface area contributed by atoms with E-state index in [1.807, 2.05) is 0 Å². The molecule has 29 nitrogen and oxygen atoms in total. The van der Waals surface area contributed by atoms with Crippen molar-refractivity contribution in [1.29, 1.82) is 0 Å². The number of nitrogen functional groups attached to an aromatic ring is 1. The zero-order valence-electron chi connectivity index (χ0n) is 39.8. The number of aliphatic imine (C=N–C) groups is 1. The van der Waals surface area contributed by atoms with Gasteiger partial charge in [-0.15, -0.1) is 0 Å². The lowest BCUT2D eigenvalue weighted by atomic mass is 9.94. The number of anilines is 2. The first-order valence-electron chi connectivity index (χ1n) is 21.1. The van der Waals surface area contributed by atoms with Crippen molar-refractivity contribution < 1.29 is 76.7 Å². The number of Topliss-reactive ketones (excluding diaryl/α,β-unsaturated/α-hetero) is 3. The van der Waals surface area contributed by atoms with E-state index in [0.29, 0.717) is 35.5 Å². The summed E-state index contributed by atoms with van der Waals surface area (Å²) in [5.41, 5.74) is 17.5. The summed E-state index contributed by atoms with van der Waals surface area (Å²) in [4.78, 5) is 190. The van der Waals surface area contributed by atoms with Crippen molar-refractivity contribution >= 4 is 107 Å². The SMILES string of the molecule is CC[C@H](NC(=O)c1ccc(NCc2cnc3nc(N)[nH]c(=O)c3n2)cc1)C(=O)C[C@@H](C)C(=O)N[C@@H](CCCN=C(N)N)C(=O)C[C@@H](C)C(=O)N[C@@H](C)C(=O)CCCS.O=C=O.O=C=O.O=C=O.O=C=O.O=C=O. The maximum atomic E-state index is 13.4. The van der Waals surface area contributed by atoms with E-state index in [1.165, 1.54) is 6.20 Å². The highest BCUT2D eigenvalue weighted by molar-refractivity contribution is 7.80. The molecule has 394 valence electrons. The first-order chi connectivity index (χ1) is 34.6. The lowest BCUT2D eigenvalue weighted by molar-refractivity contribution is -0.193. The summed E-state index contributed by atoms with van der Waals surface area (Å²) in [6, 6.07) is 3.89. The Kier molecular flexibility index (Phi) is 38.2. The van der Waals surface area contributed by atoms with Gasteiger partial charge in [-0.3, -0.25) is 43.5 Å². The molecule has 0 saturated heterocycles. The minimum absolute atomic E-state index is 0.0518. The molecule has 2 aromatic heterocycles. The Hall–Kier alpha value is -9.02. The van der Waals surface area contributed by atoms with Gasteiger partial charge in [0.15, 0.2) is 34.5 Å². The second-order valence-electron chi connectivity index (χ2n) is 14.4. The summed E-state index contributed by atoms with van der Waals surface area (Å²) in [6.07, 6.45) is 3.93. The van der Waals surface area contributed by atoms with Gasteiger partial charge in [0, 0.05) is 48.9 Å². The van der Waals surface area contributed by atoms with Crippen molar-refractivity contribution in [2.45, 2.75) is 97.3 Å². The third-order valence-electron chi connectivity index (χ3n) is 9.19. The topological polar surface area (TPSA) is 483 Å². The predicted molar refractivity (Wildman–Crippen MR) is 248 cm³/mol. The molecule has 0 bridgehead atoms. The molecule has 0 radical (unpaired) electrons. The van der Waals surface area contributed by atoms with Crippen LogP contribution in [0.5, 0.6) is 0 Å². The highest BCUT2D eigenvalue weighted by Gasteiger charge is 2.30. The molecule has 0 aliphatic carbocycles. The van der Waals surface area contributed by atoms with Crippen LogP contribution in [-0.4, -0.2) is 122 Å². The molecule has 11 N–H and O–H groups in total. The zero-order chi connectivity index (χ0) is 56.5. The van der Waals surface area contributed by atoms with E-state index in [9.17, 15) is 33.6 Å². The number of carbonyl (C=O) groups excluding carboxylic acids is 16. The number of nitrogens with two attached hydrogens (primary N) is 3. The Balaban J connectivity index is -0.00000290. The fourth-order valence-corrected chi connectivity index (χ4v) is 5.91. The number of amides is 3. The molecule has 0 saturated carbocycles. The van der Waals surface area contributed by atoms with Crippen molar-refractivity contribution in [3.05, 3.63) is 52.1 Å². The number of thiol groups is 1. The summed E-state index contributed by atoms with van der Waals surface area (Å²) in [6.45, 7) is 6.85. The van der Waals surface area contributed by atoms with E-state index >= 15 is 0 Å². The minimum atomic E-state index is -0.995. The first kappa shape index (κ1) is 68.2. The Morgan fingerprint density at radius 2 is 1.23 bits per heavy atom. The van der Waals surface area contributed by atoms with Crippen LogP contribution < -0.4 is 44.0 Å². The fourth-order valence-electron chi connectivity index (χ4n) is 5.75. The van der Waals surface area contributed by atoms with Crippen LogP contribution in [0.25, 0.3) is 11.2 Å². The van der Waals surface area contributed by atoms with E-state index in [4.69, 9.17) is 65.1 Å². The molecule has 0 aliphatic rings. The van der Waals surface area contributed by atoms with Crippen LogP contribution >= 0.6 is 12.6 Å². The molecule has 3 rings (SSSR count). The normalized spacial score (nSPS) is 11.4. The molecule has 3 amide bonds.